The predicted molar refractivity (Wildman–Crippen MR) is 187 cm³/mol. The molecule has 1 unspecified atom stereocenters. The van der Waals surface area contributed by atoms with Crippen molar-refractivity contribution in [2.75, 3.05) is 38.1 Å². The van der Waals surface area contributed by atoms with Crippen LogP contribution in [-0.4, -0.2) is 56.1 Å². The molecule has 0 fully saturated rings. The number of ether oxygens (including phenoxy) is 2. The van der Waals surface area contributed by atoms with Gasteiger partial charge < -0.3 is 23.4 Å². The Balaban J connectivity index is 4.37. The Bertz CT molecular complexity index is 736. The normalized spacial score (nSPS) is 13.6. The Morgan fingerprint density at radius 3 is 1.42 bits per heavy atom. The van der Waals surface area contributed by atoms with E-state index in [1.807, 2.05) is 12.5 Å². The van der Waals surface area contributed by atoms with E-state index in [-0.39, 0.29) is 42.9 Å². The summed E-state index contributed by atoms with van der Waals surface area (Å²) in [6, 6.07) is 0. The minimum atomic E-state index is -4.56. The number of carbonyl (C=O) groups is 2. The molecule has 0 saturated carbocycles. The first-order chi connectivity index (χ1) is 21.7. The van der Waals surface area contributed by atoms with Crippen LogP contribution in [0.3, 0.4) is 0 Å². The molecule has 8 nitrogen and oxygen atoms in total. The summed E-state index contributed by atoms with van der Waals surface area (Å²) in [7, 11) is -4.52. The second-order valence-corrected chi connectivity index (χ2v) is 16.4. The molecule has 0 saturated heterocycles. The van der Waals surface area contributed by atoms with Gasteiger partial charge in [-0.25, -0.2) is 0 Å². The van der Waals surface area contributed by atoms with E-state index >= 15 is 0 Å². The van der Waals surface area contributed by atoms with E-state index in [4.69, 9.17) is 18.5 Å². The van der Waals surface area contributed by atoms with E-state index in [1.54, 1.807) is 0 Å². The average molecular weight is 681 g/mol. The molecule has 2 atom stereocenters. The fraction of sp³-hybridized carbons (Fsp3) is 0.943. The molecular formula is C35H69O8PS. The Morgan fingerprint density at radius 2 is 1.00 bits per heavy atom. The zero-order valence-corrected chi connectivity index (χ0v) is 31.2. The summed E-state index contributed by atoms with van der Waals surface area (Å²) in [4.78, 5) is 37.1. The van der Waals surface area contributed by atoms with Crippen molar-refractivity contribution < 1.29 is 37.6 Å². The molecule has 0 heterocycles. The van der Waals surface area contributed by atoms with Gasteiger partial charge in [-0.1, -0.05) is 142 Å². The van der Waals surface area contributed by atoms with Gasteiger partial charge in [0.1, 0.15) is 12.4 Å². The van der Waals surface area contributed by atoms with Crippen LogP contribution in [0.4, 0.5) is 0 Å². The summed E-state index contributed by atoms with van der Waals surface area (Å²) in [6.45, 7) is 3.82. The summed E-state index contributed by atoms with van der Waals surface area (Å²) < 4.78 is 33.0. The van der Waals surface area contributed by atoms with Crippen molar-refractivity contribution in [1.29, 1.82) is 0 Å². The second-order valence-electron chi connectivity index (χ2n) is 12.6. The van der Waals surface area contributed by atoms with Gasteiger partial charge in [0.25, 0.3) is 7.82 Å². The highest BCUT2D eigenvalue weighted by Crippen LogP contribution is 2.38. The van der Waals surface area contributed by atoms with Gasteiger partial charge in [0.2, 0.25) is 0 Å². The number of rotatable bonds is 34. The topological polar surface area (TPSA) is 111 Å². The van der Waals surface area contributed by atoms with Crippen LogP contribution >= 0.6 is 7.82 Å². The third-order valence-corrected chi connectivity index (χ3v) is 9.80. The molecule has 0 aliphatic heterocycles. The Kier molecular flexibility index (Phi) is 31.5. The highest BCUT2D eigenvalue weighted by Gasteiger charge is 2.21. The SMILES string of the molecule is CCCCCCCCCCCCCC(=O)OC[C@H](COP(=O)([O-])OCC[S+](C)C)OC(=O)CCCCCCCCCCCCC. The molecule has 45 heavy (non-hydrogen) atoms. The monoisotopic (exact) mass is 680 g/mol. The van der Waals surface area contributed by atoms with E-state index in [0.29, 0.717) is 12.2 Å². The van der Waals surface area contributed by atoms with Gasteiger partial charge in [-0.15, -0.1) is 0 Å². The summed E-state index contributed by atoms with van der Waals surface area (Å²) in [6.07, 6.45) is 29.6. The zero-order chi connectivity index (χ0) is 33.4. The molecular weight excluding hydrogens is 611 g/mol. The van der Waals surface area contributed by atoms with Crippen LogP contribution in [0.2, 0.25) is 0 Å². The van der Waals surface area contributed by atoms with Crippen molar-refractivity contribution in [3.05, 3.63) is 0 Å². The van der Waals surface area contributed by atoms with Crippen LogP contribution < -0.4 is 4.89 Å². The lowest BCUT2D eigenvalue weighted by molar-refractivity contribution is -0.227. The van der Waals surface area contributed by atoms with Crippen LogP contribution in [0.5, 0.6) is 0 Å². The summed E-state index contributed by atoms with van der Waals surface area (Å²) in [5.41, 5.74) is 0. The Morgan fingerprint density at radius 1 is 0.600 bits per heavy atom. The smallest absolute Gasteiger partial charge is 0.306 e. The number of phosphoric ester groups is 1. The van der Waals surface area contributed by atoms with Gasteiger partial charge in [-0.05, 0) is 23.7 Å². The first-order valence-electron chi connectivity index (χ1n) is 18.2. The number of hydrogen-bond donors (Lipinski definition) is 0. The maximum Gasteiger partial charge on any atom is 0.306 e. The molecule has 0 spiro atoms. The maximum atomic E-state index is 12.5. The first kappa shape index (κ1) is 44.4. The number of unbranched alkanes of at least 4 members (excludes halogenated alkanes) is 20. The standard InChI is InChI=1S/C35H69O8PS/c1-5-7-9-11-13-15-17-19-21-23-25-27-34(36)40-31-33(32-42-44(38,39)41-29-30-45(3)4)43-35(37)28-26-24-22-20-18-16-14-12-10-8-6-2/h33H,5-32H2,1-4H3/t33-/m1/s1. The van der Waals surface area contributed by atoms with Crippen molar-refractivity contribution in [2.45, 2.75) is 174 Å². The fourth-order valence-corrected chi connectivity index (χ4v) is 6.29. The number of esters is 2. The molecule has 0 aromatic rings. The van der Waals surface area contributed by atoms with Crippen LogP contribution in [0.25, 0.3) is 0 Å². The lowest BCUT2D eigenvalue weighted by atomic mass is 10.1. The van der Waals surface area contributed by atoms with E-state index in [2.05, 4.69) is 13.8 Å². The van der Waals surface area contributed by atoms with E-state index < -0.39 is 26.5 Å². The van der Waals surface area contributed by atoms with Crippen LogP contribution in [0.15, 0.2) is 0 Å². The molecule has 0 rings (SSSR count). The van der Waals surface area contributed by atoms with Gasteiger partial charge >= 0.3 is 11.9 Å². The first-order valence-corrected chi connectivity index (χ1v) is 21.9. The highest BCUT2D eigenvalue weighted by atomic mass is 32.2. The van der Waals surface area contributed by atoms with Crippen molar-refractivity contribution in [3.63, 3.8) is 0 Å². The molecule has 0 N–H and O–H groups in total. The lowest BCUT2D eigenvalue weighted by Crippen LogP contribution is -2.30. The number of phosphoric acid groups is 1. The van der Waals surface area contributed by atoms with E-state index in [0.717, 1.165) is 32.1 Å². The quantitative estimate of drug-likeness (QED) is 0.0286. The van der Waals surface area contributed by atoms with E-state index in [9.17, 15) is 19.0 Å². The van der Waals surface area contributed by atoms with Gasteiger partial charge in [0.15, 0.2) is 6.10 Å². The van der Waals surface area contributed by atoms with Gasteiger partial charge in [-0.3, -0.25) is 14.2 Å². The van der Waals surface area contributed by atoms with Crippen LogP contribution in [0, 0.1) is 0 Å². The summed E-state index contributed by atoms with van der Waals surface area (Å²) >= 11 is 0. The molecule has 0 aliphatic rings. The molecule has 0 amide bonds. The predicted octanol–water partition coefficient (Wildman–Crippen LogP) is 9.22. The summed E-state index contributed by atoms with van der Waals surface area (Å²) in [5.74, 6) is -0.218. The average Bonchev–Trinajstić information content (AvgIpc) is 2.99. The van der Waals surface area contributed by atoms with Gasteiger partial charge in [0.05, 0.1) is 25.7 Å². The largest absolute Gasteiger partial charge is 0.756 e. The van der Waals surface area contributed by atoms with E-state index in [1.165, 1.54) is 103 Å². The minimum Gasteiger partial charge on any atom is -0.756 e. The van der Waals surface area contributed by atoms with Crippen molar-refractivity contribution >= 4 is 30.7 Å². The molecule has 0 radical (unpaired) electrons. The highest BCUT2D eigenvalue weighted by molar-refractivity contribution is 7.95. The number of carbonyl (C=O) groups excluding carboxylic acids is 2. The second kappa shape index (κ2) is 32.0. The Hall–Kier alpha value is -0.600. The van der Waals surface area contributed by atoms with Crippen LogP contribution in [0.1, 0.15) is 168 Å². The third-order valence-electron chi connectivity index (χ3n) is 7.86. The molecule has 10 heteroatoms. The van der Waals surface area contributed by atoms with Crippen molar-refractivity contribution in [1.82, 2.24) is 0 Å². The van der Waals surface area contributed by atoms with Gasteiger partial charge in [0, 0.05) is 12.8 Å². The van der Waals surface area contributed by atoms with Crippen molar-refractivity contribution in [2.24, 2.45) is 0 Å². The molecule has 0 aliphatic carbocycles. The lowest BCUT2D eigenvalue weighted by Gasteiger charge is -2.25. The fourth-order valence-electron chi connectivity index (χ4n) is 5.01. The maximum absolute atomic E-state index is 12.5. The number of hydrogen-bond acceptors (Lipinski definition) is 8. The minimum absolute atomic E-state index is 0.0359. The van der Waals surface area contributed by atoms with Crippen LogP contribution in [-0.2, 0) is 43.6 Å². The third kappa shape index (κ3) is 33.1. The molecule has 0 aromatic carbocycles. The van der Waals surface area contributed by atoms with Crippen molar-refractivity contribution in [3.8, 4) is 0 Å². The zero-order valence-electron chi connectivity index (χ0n) is 29.5. The molecule has 268 valence electrons. The Labute approximate surface area is 279 Å². The summed E-state index contributed by atoms with van der Waals surface area (Å²) in [5, 5.41) is 0. The molecule has 0 bridgehead atoms. The van der Waals surface area contributed by atoms with Gasteiger partial charge in [-0.2, -0.15) is 0 Å². The molecule has 0 aromatic heterocycles.